The molecule has 1 aromatic rings. The van der Waals surface area contributed by atoms with E-state index in [0.29, 0.717) is 4.68 Å². The number of nitrogens with zero attached hydrogens (tertiary/aromatic N) is 2. The monoisotopic (exact) mass is 307 g/mol. The number of anilines is 1. The zero-order chi connectivity index (χ0) is 14.8. The fourth-order valence-electron chi connectivity index (χ4n) is 1.99. The second-order valence-electron chi connectivity index (χ2n) is 4.58. The normalized spacial score (nSPS) is 19.1. The minimum Gasteiger partial charge on any atom is -0.379 e. The maximum Gasteiger partial charge on any atom is 0.408 e. The summed E-state index contributed by atoms with van der Waals surface area (Å²) in [7, 11) is 0. The van der Waals surface area contributed by atoms with Gasteiger partial charge in [0.15, 0.2) is 0 Å². The Morgan fingerprint density at radius 2 is 2.20 bits per heavy atom. The van der Waals surface area contributed by atoms with Gasteiger partial charge in [0.1, 0.15) is 11.6 Å². The van der Waals surface area contributed by atoms with Crippen LogP contribution in [0.15, 0.2) is 23.1 Å². The van der Waals surface area contributed by atoms with E-state index in [4.69, 9.17) is 11.6 Å². The zero-order valence-electron chi connectivity index (χ0n) is 10.5. The van der Waals surface area contributed by atoms with Gasteiger partial charge >= 0.3 is 6.18 Å². The zero-order valence-corrected chi connectivity index (χ0v) is 11.2. The average molecular weight is 308 g/mol. The first kappa shape index (κ1) is 14.9. The van der Waals surface area contributed by atoms with E-state index >= 15 is 0 Å². The maximum atomic E-state index is 12.3. The number of nitrogens with one attached hydrogen (secondary N) is 1. The van der Waals surface area contributed by atoms with Crippen molar-refractivity contribution in [2.45, 2.75) is 38.0 Å². The standard InChI is InChI=1S/C12H13ClF3N3O/c13-10-9(18-8-4-2-1-3-5-8)6-17-19(11(10)20)7-12(14,15)16/h1-2,6,8,18H,3-5,7H2. The minimum atomic E-state index is -4.51. The molecule has 0 spiro atoms. The molecule has 0 bridgehead atoms. The highest BCUT2D eigenvalue weighted by Crippen LogP contribution is 2.22. The van der Waals surface area contributed by atoms with Gasteiger partial charge in [0.2, 0.25) is 0 Å². The van der Waals surface area contributed by atoms with Crippen molar-refractivity contribution < 1.29 is 13.2 Å². The van der Waals surface area contributed by atoms with Crippen molar-refractivity contribution >= 4 is 17.3 Å². The van der Waals surface area contributed by atoms with E-state index in [1.807, 2.05) is 6.08 Å². The van der Waals surface area contributed by atoms with Gasteiger partial charge in [-0.2, -0.15) is 18.3 Å². The van der Waals surface area contributed by atoms with Crippen LogP contribution in [0.5, 0.6) is 0 Å². The highest BCUT2D eigenvalue weighted by molar-refractivity contribution is 6.32. The van der Waals surface area contributed by atoms with Crippen molar-refractivity contribution in [1.82, 2.24) is 9.78 Å². The summed E-state index contributed by atoms with van der Waals surface area (Å²) >= 11 is 5.83. The van der Waals surface area contributed by atoms with Crippen LogP contribution >= 0.6 is 11.6 Å². The molecule has 0 saturated heterocycles. The molecule has 0 saturated carbocycles. The third kappa shape index (κ3) is 3.75. The Balaban J connectivity index is 2.18. The van der Waals surface area contributed by atoms with Crippen molar-refractivity contribution in [2.75, 3.05) is 5.32 Å². The predicted molar refractivity (Wildman–Crippen MR) is 70.0 cm³/mol. The van der Waals surface area contributed by atoms with E-state index in [-0.39, 0.29) is 16.8 Å². The fourth-order valence-corrected chi connectivity index (χ4v) is 2.19. The summed E-state index contributed by atoms with van der Waals surface area (Å²) in [5.41, 5.74) is -0.671. The molecular weight excluding hydrogens is 295 g/mol. The number of aromatic nitrogens is 2. The predicted octanol–water partition coefficient (Wildman–Crippen LogP) is 2.98. The molecule has 4 nitrogen and oxygen atoms in total. The van der Waals surface area contributed by atoms with Crippen molar-refractivity contribution in [2.24, 2.45) is 0 Å². The SMILES string of the molecule is O=c1c(Cl)c(NC2CC=CCC2)cnn1CC(F)(F)F. The number of halogens is 4. The molecule has 0 aromatic carbocycles. The van der Waals surface area contributed by atoms with Gasteiger partial charge in [-0.1, -0.05) is 23.8 Å². The molecule has 1 aliphatic rings. The van der Waals surface area contributed by atoms with Gasteiger partial charge in [0.25, 0.3) is 5.56 Å². The van der Waals surface area contributed by atoms with Crippen LogP contribution < -0.4 is 10.9 Å². The van der Waals surface area contributed by atoms with Gasteiger partial charge in [-0.3, -0.25) is 4.79 Å². The van der Waals surface area contributed by atoms with Crippen LogP contribution in [-0.2, 0) is 6.54 Å². The molecule has 8 heteroatoms. The number of rotatable bonds is 3. The van der Waals surface area contributed by atoms with E-state index in [2.05, 4.69) is 16.5 Å². The van der Waals surface area contributed by atoms with Gasteiger partial charge in [-0.25, -0.2) is 4.68 Å². The van der Waals surface area contributed by atoms with E-state index in [0.717, 1.165) is 25.5 Å². The Hall–Kier alpha value is -1.50. The molecule has 0 aliphatic heterocycles. The van der Waals surface area contributed by atoms with Crippen LogP contribution in [0.3, 0.4) is 0 Å². The van der Waals surface area contributed by atoms with E-state index in [9.17, 15) is 18.0 Å². The molecule has 1 aromatic heterocycles. The molecule has 2 rings (SSSR count). The highest BCUT2D eigenvalue weighted by Gasteiger charge is 2.29. The van der Waals surface area contributed by atoms with Gasteiger partial charge in [-0.15, -0.1) is 0 Å². The molecule has 110 valence electrons. The van der Waals surface area contributed by atoms with Crippen LogP contribution in [0.25, 0.3) is 0 Å². The van der Waals surface area contributed by atoms with Crippen molar-refractivity contribution in [3.63, 3.8) is 0 Å². The van der Waals surface area contributed by atoms with E-state index in [1.165, 1.54) is 0 Å². The van der Waals surface area contributed by atoms with Gasteiger partial charge in [-0.05, 0) is 19.3 Å². The Labute approximate surface area is 118 Å². The first-order chi connectivity index (χ1) is 9.37. The summed E-state index contributed by atoms with van der Waals surface area (Å²) in [6.45, 7) is -1.45. The summed E-state index contributed by atoms with van der Waals surface area (Å²) in [6.07, 6.45) is 3.28. The summed E-state index contributed by atoms with van der Waals surface area (Å²) in [6, 6.07) is 0.108. The maximum absolute atomic E-state index is 12.3. The second kappa shape index (κ2) is 5.87. The topological polar surface area (TPSA) is 46.9 Å². The quantitative estimate of drug-likeness (QED) is 0.873. The number of allylic oxidation sites excluding steroid dienone is 1. The number of alkyl halides is 3. The Morgan fingerprint density at radius 3 is 2.80 bits per heavy atom. The summed E-state index contributed by atoms with van der Waals surface area (Å²) < 4.78 is 37.1. The largest absolute Gasteiger partial charge is 0.408 e. The van der Waals surface area contributed by atoms with Gasteiger partial charge < -0.3 is 5.32 Å². The molecule has 0 radical (unpaired) electrons. The third-order valence-corrected chi connectivity index (χ3v) is 3.31. The minimum absolute atomic E-state index is 0.108. The second-order valence-corrected chi connectivity index (χ2v) is 4.95. The van der Waals surface area contributed by atoms with E-state index in [1.54, 1.807) is 0 Å². The van der Waals surface area contributed by atoms with Gasteiger partial charge in [0, 0.05) is 6.04 Å². The van der Waals surface area contributed by atoms with Crippen LogP contribution in [0, 0.1) is 0 Å². The lowest BCUT2D eigenvalue weighted by Gasteiger charge is -2.21. The molecule has 1 heterocycles. The molecule has 20 heavy (non-hydrogen) atoms. The molecule has 0 amide bonds. The van der Waals surface area contributed by atoms with Gasteiger partial charge in [0.05, 0.1) is 11.9 Å². The Bertz CT molecular complexity index is 568. The summed E-state index contributed by atoms with van der Waals surface area (Å²) in [4.78, 5) is 11.7. The molecule has 1 aliphatic carbocycles. The lowest BCUT2D eigenvalue weighted by Crippen LogP contribution is -2.31. The van der Waals surface area contributed by atoms with Crippen LogP contribution in [0.2, 0.25) is 5.02 Å². The molecule has 1 atom stereocenters. The molecule has 1 unspecified atom stereocenters. The highest BCUT2D eigenvalue weighted by atomic mass is 35.5. The molecule has 0 fully saturated rings. The van der Waals surface area contributed by atoms with Crippen molar-refractivity contribution in [3.05, 3.63) is 33.7 Å². The fraction of sp³-hybridized carbons (Fsp3) is 0.500. The Morgan fingerprint density at radius 1 is 1.45 bits per heavy atom. The van der Waals surface area contributed by atoms with Crippen LogP contribution in [0.4, 0.5) is 18.9 Å². The molecular formula is C12H13ClF3N3O. The summed E-state index contributed by atoms with van der Waals surface area (Å²) in [5, 5.41) is 6.28. The Kier molecular flexibility index (Phi) is 4.37. The van der Waals surface area contributed by atoms with Crippen molar-refractivity contribution in [1.29, 1.82) is 0 Å². The van der Waals surface area contributed by atoms with Crippen LogP contribution in [0.1, 0.15) is 19.3 Å². The van der Waals surface area contributed by atoms with Crippen LogP contribution in [-0.4, -0.2) is 22.0 Å². The average Bonchev–Trinajstić information content (AvgIpc) is 2.38. The number of hydrogen-bond donors (Lipinski definition) is 1. The lowest BCUT2D eigenvalue weighted by molar-refractivity contribution is -0.143. The first-order valence-electron chi connectivity index (χ1n) is 6.11. The third-order valence-electron chi connectivity index (χ3n) is 2.94. The van der Waals surface area contributed by atoms with Crippen molar-refractivity contribution in [3.8, 4) is 0 Å². The molecule has 1 N–H and O–H groups in total. The van der Waals surface area contributed by atoms with E-state index < -0.39 is 18.3 Å². The smallest absolute Gasteiger partial charge is 0.379 e. The first-order valence-corrected chi connectivity index (χ1v) is 6.48. The summed E-state index contributed by atoms with van der Waals surface area (Å²) in [5.74, 6) is 0. The number of hydrogen-bond acceptors (Lipinski definition) is 3. The lowest BCUT2D eigenvalue weighted by atomic mass is 10.0.